The second kappa shape index (κ2) is 3.44. The summed E-state index contributed by atoms with van der Waals surface area (Å²) in [5.74, 6) is 0. The largest absolute Gasteiger partial charge is 0.431 e. The summed E-state index contributed by atoms with van der Waals surface area (Å²) in [6.45, 7) is 4.47. The lowest BCUT2D eigenvalue weighted by atomic mass is 10.2. The molecule has 12 heavy (non-hydrogen) atoms. The van der Waals surface area contributed by atoms with Gasteiger partial charge in [0.1, 0.15) is 6.07 Å². The number of nitriles is 1. The van der Waals surface area contributed by atoms with E-state index in [1.807, 2.05) is 19.9 Å². The van der Waals surface area contributed by atoms with Crippen molar-refractivity contribution >= 4 is 6.09 Å². The molecule has 0 saturated carbocycles. The molecule has 1 atom stereocenters. The zero-order valence-electron chi connectivity index (χ0n) is 7.28. The van der Waals surface area contributed by atoms with E-state index in [9.17, 15) is 4.79 Å². The van der Waals surface area contributed by atoms with Crippen molar-refractivity contribution in [3.05, 3.63) is 0 Å². The van der Waals surface area contributed by atoms with Gasteiger partial charge in [0.2, 0.25) is 0 Å². The highest BCUT2D eigenvalue weighted by Crippen LogP contribution is 2.13. The number of carbonyl (C=O) groups is 1. The van der Waals surface area contributed by atoms with Gasteiger partial charge >= 0.3 is 6.09 Å². The van der Waals surface area contributed by atoms with Crippen molar-refractivity contribution < 1.29 is 9.53 Å². The first kappa shape index (κ1) is 8.85. The topological polar surface area (TPSA) is 53.3 Å². The Morgan fingerprint density at radius 2 is 2.42 bits per heavy atom. The molecule has 4 nitrogen and oxygen atoms in total. The number of cyclic esters (lactones) is 1. The van der Waals surface area contributed by atoms with Gasteiger partial charge in [-0.05, 0) is 13.8 Å². The first-order valence-corrected chi connectivity index (χ1v) is 4.02. The predicted molar refractivity (Wildman–Crippen MR) is 42.3 cm³/mol. The zero-order valence-corrected chi connectivity index (χ0v) is 7.28. The lowest BCUT2D eigenvalue weighted by Gasteiger charge is -2.31. The predicted octanol–water partition coefficient (Wildman–Crippen LogP) is 1.13. The monoisotopic (exact) mass is 168 g/mol. The normalized spacial score (nSPS) is 23.7. The summed E-state index contributed by atoms with van der Waals surface area (Å²) >= 11 is 0. The van der Waals surface area contributed by atoms with E-state index in [1.165, 1.54) is 0 Å². The first-order valence-electron chi connectivity index (χ1n) is 4.02. The molecule has 4 heteroatoms. The second-order valence-corrected chi connectivity index (χ2v) is 3.08. The second-order valence-electron chi connectivity index (χ2n) is 3.08. The minimum Gasteiger partial charge on any atom is -0.431 e. The van der Waals surface area contributed by atoms with Crippen LogP contribution in [0, 0.1) is 11.3 Å². The summed E-state index contributed by atoms with van der Waals surface area (Å²) in [6.07, 6.45) is -0.309. The summed E-state index contributed by atoms with van der Waals surface area (Å²) in [5.41, 5.74) is 0. The maximum absolute atomic E-state index is 11.2. The van der Waals surface area contributed by atoms with Crippen molar-refractivity contribution in [2.45, 2.75) is 32.4 Å². The van der Waals surface area contributed by atoms with Crippen LogP contribution in [0.25, 0.3) is 0 Å². The standard InChI is InChI=1S/C8H12N2O2/c1-6(2)10-4-3-7(5-9)12-8(10)11/h6-7H,3-4H2,1-2H3. The third-order valence-electron chi connectivity index (χ3n) is 1.88. The van der Waals surface area contributed by atoms with Crippen LogP contribution in [0.1, 0.15) is 20.3 Å². The zero-order chi connectivity index (χ0) is 9.14. The van der Waals surface area contributed by atoms with Gasteiger partial charge < -0.3 is 9.64 Å². The van der Waals surface area contributed by atoms with Crippen LogP contribution in [0.3, 0.4) is 0 Å². The molecule has 66 valence electrons. The van der Waals surface area contributed by atoms with Crippen LogP contribution in [0.2, 0.25) is 0 Å². The molecule has 0 N–H and O–H groups in total. The molecule has 0 aliphatic carbocycles. The summed E-state index contributed by atoms with van der Waals surface area (Å²) in [7, 11) is 0. The first-order chi connectivity index (χ1) is 5.65. The molecule has 1 amide bonds. The van der Waals surface area contributed by atoms with Crippen LogP contribution in [-0.2, 0) is 4.74 Å². The molecule has 1 unspecified atom stereocenters. The van der Waals surface area contributed by atoms with Gasteiger partial charge in [-0.3, -0.25) is 0 Å². The smallest absolute Gasteiger partial charge is 0.411 e. The van der Waals surface area contributed by atoms with E-state index in [4.69, 9.17) is 10.00 Å². The highest BCUT2D eigenvalue weighted by Gasteiger charge is 2.28. The molecular weight excluding hydrogens is 156 g/mol. The lowest BCUT2D eigenvalue weighted by Crippen LogP contribution is -2.45. The molecule has 1 aliphatic rings. The number of hydrogen-bond donors (Lipinski definition) is 0. The molecule has 1 rings (SSSR count). The van der Waals surface area contributed by atoms with Crippen LogP contribution in [0.4, 0.5) is 4.79 Å². The third kappa shape index (κ3) is 1.67. The number of rotatable bonds is 1. The van der Waals surface area contributed by atoms with E-state index in [2.05, 4.69) is 0 Å². The molecule has 1 heterocycles. The fourth-order valence-corrected chi connectivity index (χ4v) is 1.16. The van der Waals surface area contributed by atoms with Crippen LogP contribution in [0.15, 0.2) is 0 Å². The molecule has 0 aromatic carbocycles. The SMILES string of the molecule is CC(C)N1CCC(C#N)OC1=O. The Morgan fingerprint density at radius 1 is 1.75 bits per heavy atom. The molecule has 0 radical (unpaired) electrons. The minimum absolute atomic E-state index is 0.150. The molecule has 1 fully saturated rings. The Balaban J connectivity index is 2.55. The summed E-state index contributed by atoms with van der Waals surface area (Å²) in [4.78, 5) is 12.8. The van der Waals surface area contributed by atoms with E-state index in [0.717, 1.165) is 0 Å². The molecule has 0 aromatic rings. The third-order valence-corrected chi connectivity index (χ3v) is 1.88. The van der Waals surface area contributed by atoms with Gasteiger partial charge in [-0.2, -0.15) is 5.26 Å². The van der Waals surface area contributed by atoms with Gasteiger partial charge in [0.25, 0.3) is 0 Å². The van der Waals surface area contributed by atoms with Crippen molar-refractivity contribution in [2.24, 2.45) is 0 Å². The molecule has 1 saturated heterocycles. The fraction of sp³-hybridized carbons (Fsp3) is 0.750. The molecular formula is C8H12N2O2. The average Bonchev–Trinajstić information content (AvgIpc) is 2.03. The fourth-order valence-electron chi connectivity index (χ4n) is 1.16. The van der Waals surface area contributed by atoms with Crippen LogP contribution in [0.5, 0.6) is 0 Å². The summed E-state index contributed by atoms with van der Waals surface area (Å²) in [5, 5.41) is 8.49. The van der Waals surface area contributed by atoms with Gasteiger partial charge in [0, 0.05) is 19.0 Å². The summed E-state index contributed by atoms with van der Waals surface area (Å²) in [6, 6.07) is 2.07. The van der Waals surface area contributed by atoms with Crippen LogP contribution in [-0.4, -0.2) is 29.7 Å². The van der Waals surface area contributed by atoms with Crippen LogP contribution < -0.4 is 0 Å². The molecule has 0 aromatic heterocycles. The van der Waals surface area contributed by atoms with Gasteiger partial charge in [-0.25, -0.2) is 4.79 Å². The van der Waals surface area contributed by atoms with E-state index in [-0.39, 0.29) is 12.1 Å². The van der Waals surface area contributed by atoms with Crippen molar-refractivity contribution in [3.63, 3.8) is 0 Å². The Morgan fingerprint density at radius 3 is 2.83 bits per heavy atom. The van der Waals surface area contributed by atoms with E-state index in [1.54, 1.807) is 4.90 Å². The van der Waals surface area contributed by atoms with Crippen molar-refractivity contribution in [1.29, 1.82) is 5.26 Å². The van der Waals surface area contributed by atoms with Gasteiger partial charge in [-0.1, -0.05) is 0 Å². The van der Waals surface area contributed by atoms with Crippen molar-refractivity contribution in [1.82, 2.24) is 4.90 Å². The van der Waals surface area contributed by atoms with Gasteiger partial charge in [-0.15, -0.1) is 0 Å². The van der Waals surface area contributed by atoms with Crippen molar-refractivity contribution in [3.8, 4) is 6.07 Å². The van der Waals surface area contributed by atoms with Gasteiger partial charge in [0.05, 0.1) is 0 Å². The molecule has 0 bridgehead atoms. The highest BCUT2D eigenvalue weighted by molar-refractivity contribution is 5.69. The van der Waals surface area contributed by atoms with Crippen LogP contribution >= 0.6 is 0 Å². The minimum atomic E-state index is -0.549. The quantitative estimate of drug-likeness (QED) is 0.589. The maximum atomic E-state index is 11.2. The Hall–Kier alpha value is -1.24. The van der Waals surface area contributed by atoms with E-state index >= 15 is 0 Å². The van der Waals surface area contributed by atoms with E-state index < -0.39 is 6.10 Å². The number of hydrogen-bond acceptors (Lipinski definition) is 3. The molecule has 1 aliphatic heterocycles. The molecule has 0 spiro atoms. The average molecular weight is 168 g/mol. The number of ether oxygens (including phenoxy) is 1. The number of amides is 1. The Labute approximate surface area is 71.7 Å². The maximum Gasteiger partial charge on any atom is 0.411 e. The highest BCUT2D eigenvalue weighted by atomic mass is 16.6. The van der Waals surface area contributed by atoms with E-state index in [0.29, 0.717) is 13.0 Å². The Kier molecular flexibility index (Phi) is 2.54. The number of carbonyl (C=O) groups excluding carboxylic acids is 1. The lowest BCUT2D eigenvalue weighted by molar-refractivity contribution is 0.0372. The Bertz CT molecular complexity index is 220. The summed E-state index contributed by atoms with van der Waals surface area (Å²) < 4.78 is 4.84. The van der Waals surface area contributed by atoms with Gasteiger partial charge in [0.15, 0.2) is 6.10 Å². The number of nitrogens with zero attached hydrogens (tertiary/aromatic N) is 2. The van der Waals surface area contributed by atoms with Crippen molar-refractivity contribution in [2.75, 3.05) is 6.54 Å².